The molecule has 3 aromatic rings. The Morgan fingerprint density at radius 3 is 2.67 bits per heavy atom. The lowest BCUT2D eigenvalue weighted by Gasteiger charge is -2.37. The second kappa shape index (κ2) is 7.88. The normalized spacial score (nSPS) is 19.1. The first-order chi connectivity index (χ1) is 14.6. The molecule has 2 N–H and O–H groups in total. The number of nitrogens with zero attached hydrogens (tertiary/aromatic N) is 1. The van der Waals surface area contributed by atoms with Crippen LogP contribution >= 0.6 is 11.6 Å². The van der Waals surface area contributed by atoms with Gasteiger partial charge in [-0.05, 0) is 60.7 Å². The Hall–Kier alpha value is -2.66. The minimum Gasteiger partial charge on any atom is -0.497 e. The molecule has 1 aromatic heterocycles. The van der Waals surface area contributed by atoms with E-state index < -0.39 is 0 Å². The SMILES string of the molecule is COc1ccc([C@H]2c3[nH]c4ccc(Cl)cc4c3CCN2C(=O)NC2CCCC2)cc1. The second-order valence-electron chi connectivity index (χ2n) is 8.26. The first-order valence-electron chi connectivity index (χ1n) is 10.6. The lowest BCUT2D eigenvalue weighted by molar-refractivity contribution is 0.175. The van der Waals surface area contributed by atoms with Gasteiger partial charge < -0.3 is 19.9 Å². The molecule has 1 aliphatic heterocycles. The van der Waals surface area contributed by atoms with Crippen LogP contribution in [0.4, 0.5) is 4.79 Å². The zero-order valence-electron chi connectivity index (χ0n) is 17.1. The van der Waals surface area contributed by atoms with Crippen molar-refractivity contribution in [2.75, 3.05) is 13.7 Å². The minimum atomic E-state index is -0.174. The van der Waals surface area contributed by atoms with Crippen LogP contribution in [0.2, 0.25) is 5.02 Å². The molecule has 6 heteroatoms. The van der Waals surface area contributed by atoms with E-state index in [4.69, 9.17) is 16.3 Å². The molecule has 0 unspecified atom stereocenters. The summed E-state index contributed by atoms with van der Waals surface area (Å²) < 4.78 is 5.33. The van der Waals surface area contributed by atoms with E-state index in [9.17, 15) is 4.79 Å². The van der Waals surface area contributed by atoms with Gasteiger partial charge >= 0.3 is 6.03 Å². The topological polar surface area (TPSA) is 57.4 Å². The van der Waals surface area contributed by atoms with Crippen molar-refractivity contribution in [3.05, 3.63) is 64.3 Å². The van der Waals surface area contributed by atoms with Crippen LogP contribution < -0.4 is 10.1 Å². The third-order valence-electron chi connectivity index (χ3n) is 6.46. The van der Waals surface area contributed by atoms with Crippen molar-refractivity contribution < 1.29 is 9.53 Å². The molecule has 30 heavy (non-hydrogen) atoms. The number of hydrogen-bond acceptors (Lipinski definition) is 2. The van der Waals surface area contributed by atoms with E-state index in [0.29, 0.717) is 6.54 Å². The monoisotopic (exact) mass is 423 g/mol. The summed E-state index contributed by atoms with van der Waals surface area (Å²) in [5.74, 6) is 0.806. The molecule has 2 amide bonds. The first-order valence-corrected chi connectivity index (χ1v) is 11.0. The average molecular weight is 424 g/mol. The standard InChI is InChI=1S/C24H26ClN3O2/c1-30-18-9-6-15(7-10-18)23-22-19(20-14-16(25)8-11-21(20)27-22)12-13-28(23)24(29)26-17-4-2-3-5-17/h6-11,14,17,23,27H,2-5,12-13H2,1H3,(H,26,29)/t23-/m0/s1. The molecule has 0 radical (unpaired) electrons. The molecule has 0 saturated heterocycles. The van der Waals surface area contributed by atoms with Gasteiger partial charge in [0.05, 0.1) is 13.2 Å². The van der Waals surface area contributed by atoms with Crippen LogP contribution in [0.1, 0.15) is 48.5 Å². The molecule has 2 heterocycles. The number of hydrogen-bond donors (Lipinski definition) is 2. The summed E-state index contributed by atoms with van der Waals surface area (Å²) in [6.07, 6.45) is 5.34. The number of H-pyrrole nitrogens is 1. The number of aromatic nitrogens is 1. The van der Waals surface area contributed by atoms with Gasteiger partial charge in [-0.25, -0.2) is 4.79 Å². The van der Waals surface area contributed by atoms with Gasteiger partial charge in [0.1, 0.15) is 5.75 Å². The van der Waals surface area contributed by atoms with Crippen LogP contribution in [-0.2, 0) is 6.42 Å². The van der Waals surface area contributed by atoms with Gasteiger partial charge in [0, 0.05) is 34.2 Å². The Morgan fingerprint density at radius 1 is 1.17 bits per heavy atom. The molecule has 2 aromatic carbocycles. The molecule has 1 atom stereocenters. The number of rotatable bonds is 3. The molecule has 1 fully saturated rings. The van der Waals surface area contributed by atoms with E-state index in [2.05, 4.69) is 10.3 Å². The largest absolute Gasteiger partial charge is 0.497 e. The third-order valence-corrected chi connectivity index (χ3v) is 6.70. The van der Waals surface area contributed by atoms with E-state index in [1.165, 1.54) is 18.4 Å². The number of ether oxygens (including phenoxy) is 1. The fourth-order valence-corrected chi connectivity index (χ4v) is 5.11. The van der Waals surface area contributed by atoms with Gasteiger partial charge in [0.2, 0.25) is 0 Å². The highest BCUT2D eigenvalue weighted by molar-refractivity contribution is 6.31. The van der Waals surface area contributed by atoms with E-state index in [1.54, 1.807) is 7.11 Å². The highest BCUT2D eigenvalue weighted by atomic mass is 35.5. The van der Waals surface area contributed by atoms with E-state index in [1.807, 2.05) is 47.4 Å². The van der Waals surface area contributed by atoms with Gasteiger partial charge in [-0.1, -0.05) is 36.6 Å². The van der Waals surface area contributed by atoms with Crippen LogP contribution in [0.5, 0.6) is 5.75 Å². The number of nitrogens with one attached hydrogen (secondary N) is 2. The number of amides is 2. The summed E-state index contributed by atoms with van der Waals surface area (Å²) in [7, 11) is 1.66. The van der Waals surface area contributed by atoms with Gasteiger partial charge in [0.25, 0.3) is 0 Å². The molecule has 1 saturated carbocycles. The summed E-state index contributed by atoms with van der Waals surface area (Å²) >= 11 is 6.28. The number of fused-ring (bicyclic) bond motifs is 3. The molecule has 5 nitrogen and oxygen atoms in total. The smallest absolute Gasteiger partial charge is 0.318 e. The first kappa shape index (κ1) is 19.3. The van der Waals surface area contributed by atoms with Crippen molar-refractivity contribution in [1.82, 2.24) is 15.2 Å². The highest BCUT2D eigenvalue weighted by Crippen LogP contribution is 2.39. The fraction of sp³-hybridized carbons (Fsp3) is 0.375. The number of urea groups is 1. The van der Waals surface area contributed by atoms with Crippen LogP contribution in [0.25, 0.3) is 10.9 Å². The molecule has 0 spiro atoms. The summed E-state index contributed by atoms with van der Waals surface area (Å²) in [5, 5.41) is 5.15. The van der Waals surface area contributed by atoms with Crippen LogP contribution in [0, 0.1) is 0 Å². The van der Waals surface area contributed by atoms with Crippen LogP contribution in [0.3, 0.4) is 0 Å². The van der Waals surface area contributed by atoms with Crippen LogP contribution in [-0.4, -0.2) is 35.6 Å². The summed E-state index contributed by atoms with van der Waals surface area (Å²) in [4.78, 5) is 18.9. The van der Waals surface area contributed by atoms with Crippen molar-refractivity contribution in [2.24, 2.45) is 0 Å². The summed E-state index contributed by atoms with van der Waals surface area (Å²) in [5.41, 5.74) is 4.44. The number of aromatic amines is 1. The highest BCUT2D eigenvalue weighted by Gasteiger charge is 2.35. The molecule has 1 aliphatic carbocycles. The van der Waals surface area contributed by atoms with Gasteiger partial charge in [-0.2, -0.15) is 0 Å². The van der Waals surface area contributed by atoms with E-state index >= 15 is 0 Å². The van der Waals surface area contributed by atoms with Gasteiger partial charge in [0.15, 0.2) is 0 Å². The van der Waals surface area contributed by atoms with Crippen molar-refractivity contribution >= 4 is 28.5 Å². The molecular formula is C24H26ClN3O2. The van der Waals surface area contributed by atoms with Crippen molar-refractivity contribution in [1.29, 1.82) is 0 Å². The Kier molecular flexibility index (Phi) is 5.07. The quantitative estimate of drug-likeness (QED) is 0.590. The fourth-order valence-electron chi connectivity index (χ4n) is 4.94. The van der Waals surface area contributed by atoms with Crippen molar-refractivity contribution in [2.45, 2.75) is 44.2 Å². The van der Waals surface area contributed by atoms with Crippen molar-refractivity contribution in [3.63, 3.8) is 0 Å². The zero-order chi connectivity index (χ0) is 20.7. The molecular weight excluding hydrogens is 398 g/mol. The van der Waals surface area contributed by atoms with Crippen LogP contribution in [0.15, 0.2) is 42.5 Å². The molecule has 0 bridgehead atoms. The molecule has 156 valence electrons. The predicted octanol–water partition coefficient (Wildman–Crippen LogP) is 5.43. The Morgan fingerprint density at radius 2 is 1.93 bits per heavy atom. The summed E-state index contributed by atoms with van der Waals surface area (Å²) in [6, 6.07) is 14.1. The maximum absolute atomic E-state index is 13.3. The molecule has 2 aliphatic rings. The zero-order valence-corrected chi connectivity index (χ0v) is 17.8. The Labute approximate surface area is 181 Å². The van der Waals surface area contributed by atoms with Gasteiger partial charge in [-0.15, -0.1) is 0 Å². The van der Waals surface area contributed by atoms with Gasteiger partial charge in [-0.3, -0.25) is 0 Å². The number of benzene rings is 2. The maximum atomic E-state index is 13.3. The Bertz CT molecular complexity index is 1070. The second-order valence-corrected chi connectivity index (χ2v) is 8.69. The maximum Gasteiger partial charge on any atom is 0.318 e. The lowest BCUT2D eigenvalue weighted by Crippen LogP contribution is -2.48. The molecule has 5 rings (SSSR count). The average Bonchev–Trinajstić information content (AvgIpc) is 3.40. The Balaban J connectivity index is 1.57. The number of methoxy groups -OCH3 is 1. The minimum absolute atomic E-state index is 0.0186. The number of carbonyl (C=O) groups excluding carboxylic acids is 1. The third kappa shape index (κ3) is 3.41. The van der Waals surface area contributed by atoms with Crippen molar-refractivity contribution in [3.8, 4) is 5.75 Å². The lowest BCUT2D eigenvalue weighted by atomic mass is 9.92. The van der Waals surface area contributed by atoms with E-state index in [-0.39, 0.29) is 18.1 Å². The number of halogens is 1. The van der Waals surface area contributed by atoms with E-state index in [0.717, 1.165) is 52.2 Å². The summed E-state index contributed by atoms with van der Waals surface area (Å²) in [6.45, 7) is 0.668. The number of carbonyl (C=O) groups is 1. The predicted molar refractivity (Wildman–Crippen MR) is 119 cm³/mol.